The standard InChI is InChI=1S/C16H20F2N2O8S/c1-26-13-7-11(12(20(22)23)8-14(13)28-16(17)18)9-27-15(21)10-3-5-19(6-4-10)29(2,24)25/h7-8,10,16H,3-6,9H2,1-2H3. The Morgan fingerprint density at radius 2 is 1.93 bits per heavy atom. The number of alkyl halides is 2. The summed E-state index contributed by atoms with van der Waals surface area (Å²) in [7, 11) is -2.17. The molecular formula is C16H20F2N2O8S. The van der Waals surface area contributed by atoms with Crippen LogP contribution in [0.4, 0.5) is 14.5 Å². The largest absolute Gasteiger partial charge is 0.493 e. The maximum Gasteiger partial charge on any atom is 0.387 e. The van der Waals surface area contributed by atoms with Crippen molar-refractivity contribution in [2.24, 2.45) is 5.92 Å². The third-order valence-electron chi connectivity index (χ3n) is 4.40. The molecule has 0 atom stereocenters. The number of halogens is 2. The first kappa shape index (κ1) is 22.7. The van der Waals surface area contributed by atoms with E-state index in [0.717, 1.165) is 18.4 Å². The van der Waals surface area contributed by atoms with Gasteiger partial charge < -0.3 is 14.2 Å². The summed E-state index contributed by atoms with van der Waals surface area (Å²) >= 11 is 0. The Kier molecular flexibility index (Phi) is 7.30. The Morgan fingerprint density at radius 3 is 2.41 bits per heavy atom. The molecular weight excluding hydrogens is 418 g/mol. The van der Waals surface area contributed by atoms with Crippen LogP contribution < -0.4 is 9.47 Å². The number of nitrogens with zero attached hydrogens (tertiary/aromatic N) is 2. The van der Waals surface area contributed by atoms with E-state index in [4.69, 9.17) is 9.47 Å². The minimum atomic E-state index is -3.34. The number of sulfonamides is 1. The lowest BCUT2D eigenvalue weighted by molar-refractivity contribution is -0.386. The van der Waals surface area contributed by atoms with E-state index in [2.05, 4.69) is 4.74 Å². The van der Waals surface area contributed by atoms with Gasteiger partial charge in [-0.1, -0.05) is 0 Å². The second-order valence-corrected chi connectivity index (χ2v) is 8.29. The van der Waals surface area contributed by atoms with Crippen molar-refractivity contribution in [2.45, 2.75) is 26.1 Å². The van der Waals surface area contributed by atoms with E-state index in [1.807, 2.05) is 0 Å². The van der Waals surface area contributed by atoms with Gasteiger partial charge >= 0.3 is 12.6 Å². The number of ether oxygens (including phenoxy) is 3. The number of hydrogen-bond acceptors (Lipinski definition) is 8. The van der Waals surface area contributed by atoms with Gasteiger partial charge in [0, 0.05) is 13.1 Å². The molecule has 0 N–H and O–H groups in total. The van der Waals surface area contributed by atoms with Crippen molar-refractivity contribution in [3.8, 4) is 11.5 Å². The van der Waals surface area contributed by atoms with Crippen molar-refractivity contribution >= 4 is 21.7 Å². The van der Waals surface area contributed by atoms with Crippen LogP contribution in [0.15, 0.2) is 12.1 Å². The number of hydrogen-bond donors (Lipinski definition) is 0. The average molecular weight is 438 g/mol. The molecule has 162 valence electrons. The molecule has 1 saturated heterocycles. The Bertz CT molecular complexity index is 870. The highest BCUT2D eigenvalue weighted by Crippen LogP contribution is 2.36. The molecule has 0 saturated carbocycles. The number of piperidine rings is 1. The fourth-order valence-electron chi connectivity index (χ4n) is 2.91. The number of carbonyl (C=O) groups excluding carboxylic acids is 1. The number of rotatable bonds is 8. The van der Waals surface area contributed by atoms with Crippen molar-refractivity contribution in [1.82, 2.24) is 4.31 Å². The van der Waals surface area contributed by atoms with Crippen molar-refractivity contribution < 1.29 is 41.1 Å². The normalized spacial score (nSPS) is 15.9. The minimum absolute atomic E-state index is 0.0598. The van der Waals surface area contributed by atoms with Gasteiger partial charge in [-0.15, -0.1) is 0 Å². The second kappa shape index (κ2) is 9.31. The molecule has 1 aromatic rings. The molecule has 0 radical (unpaired) electrons. The van der Waals surface area contributed by atoms with Gasteiger partial charge in [-0.25, -0.2) is 12.7 Å². The summed E-state index contributed by atoms with van der Waals surface area (Å²) in [4.78, 5) is 22.7. The quantitative estimate of drug-likeness (QED) is 0.342. The molecule has 1 aliphatic rings. The molecule has 1 aromatic carbocycles. The van der Waals surface area contributed by atoms with Gasteiger partial charge in [0.1, 0.15) is 6.61 Å². The molecule has 0 spiro atoms. The maximum absolute atomic E-state index is 12.5. The smallest absolute Gasteiger partial charge is 0.387 e. The van der Waals surface area contributed by atoms with Crippen LogP contribution in [0.25, 0.3) is 0 Å². The summed E-state index contributed by atoms with van der Waals surface area (Å²) in [5.74, 6) is -1.87. The third kappa shape index (κ3) is 5.97. The summed E-state index contributed by atoms with van der Waals surface area (Å²) in [5.41, 5.74) is -0.628. The van der Waals surface area contributed by atoms with E-state index in [1.165, 1.54) is 11.4 Å². The lowest BCUT2D eigenvalue weighted by atomic mass is 9.98. The molecule has 0 unspecified atom stereocenters. The Morgan fingerprint density at radius 1 is 1.31 bits per heavy atom. The zero-order valence-electron chi connectivity index (χ0n) is 15.7. The number of esters is 1. The van der Waals surface area contributed by atoms with Gasteiger partial charge in [0.05, 0.1) is 35.8 Å². The predicted octanol–water partition coefficient (Wildman–Crippen LogP) is 1.92. The molecule has 1 aliphatic heterocycles. The predicted molar refractivity (Wildman–Crippen MR) is 95.2 cm³/mol. The van der Waals surface area contributed by atoms with Crippen molar-refractivity contribution in [2.75, 3.05) is 26.5 Å². The lowest BCUT2D eigenvalue weighted by Crippen LogP contribution is -2.40. The highest BCUT2D eigenvalue weighted by atomic mass is 32.2. The van der Waals surface area contributed by atoms with E-state index in [0.29, 0.717) is 0 Å². The zero-order valence-corrected chi connectivity index (χ0v) is 16.5. The van der Waals surface area contributed by atoms with Crippen molar-refractivity contribution in [1.29, 1.82) is 0 Å². The van der Waals surface area contributed by atoms with E-state index >= 15 is 0 Å². The monoisotopic (exact) mass is 438 g/mol. The molecule has 13 heteroatoms. The molecule has 0 aromatic heterocycles. The number of benzene rings is 1. The van der Waals surface area contributed by atoms with Crippen LogP contribution in [0.2, 0.25) is 0 Å². The first-order chi connectivity index (χ1) is 13.5. The molecule has 2 rings (SSSR count). The summed E-state index contributed by atoms with van der Waals surface area (Å²) in [5, 5.41) is 11.3. The first-order valence-electron chi connectivity index (χ1n) is 8.44. The number of methoxy groups -OCH3 is 1. The summed E-state index contributed by atoms with van der Waals surface area (Å²) in [6, 6.07) is 1.87. The van der Waals surface area contributed by atoms with Crippen molar-refractivity contribution in [3.63, 3.8) is 0 Å². The lowest BCUT2D eigenvalue weighted by Gasteiger charge is -2.28. The molecule has 0 aliphatic carbocycles. The summed E-state index contributed by atoms with van der Waals surface area (Å²) in [6.07, 6.45) is 1.61. The molecule has 0 bridgehead atoms. The molecule has 1 fully saturated rings. The molecule has 29 heavy (non-hydrogen) atoms. The molecule has 0 amide bonds. The van der Waals surface area contributed by atoms with Gasteiger partial charge in [0.2, 0.25) is 10.0 Å². The Labute approximate surface area is 165 Å². The Balaban J connectivity index is 2.09. The van der Waals surface area contributed by atoms with E-state index in [-0.39, 0.29) is 37.2 Å². The summed E-state index contributed by atoms with van der Waals surface area (Å²) in [6.45, 7) is -3.34. The van der Waals surface area contributed by atoms with Crippen molar-refractivity contribution in [3.05, 3.63) is 27.8 Å². The molecule has 1 heterocycles. The number of nitro groups is 1. The van der Waals surface area contributed by atoms with E-state index in [9.17, 15) is 32.1 Å². The van der Waals surface area contributed by atoms with Crippen LogP contribution in [-0.2, 0) is 26.2 Å². The fourth-order valence-corrected chi connectivity index (χ4v) is 3.79. The minimum Gasteiger partial charge on any atom is -0.493 e. The van der Waals surface area contributed by atoms with Crippen LogP contribution in [0.1, 0.15) is 18.4 Å². The van der Waals surface area contributed by atoms with Crippen LogP contribution in [0.3, 0.4) is 0 Å². The highest BCUT2D eigenvalue weighted by molar-refractivity contribution is 7.88. The fraction of sp³-hybridized carbons (Fsp3) is 0.562. The average Bonchev–Trinajstić information content (AvgIpc) is 2.65. The second-order valence-electron chi connectivity index (χ2n) is 6.31. The van der Waals surface area contributed by atoms with E-state index in [1.54, 1.807) is 0 Å². The highest BCUT2D eigenvalue weighted by Gasteiger charge is 2.30. The molecule has 10 nitrogen and oxygen atoms in total. The summed E-state index contributed by atoms with van der Waals surface area (Å²) < 4.78 is 63.5. The van der Waals surface area contributed by atoms with Crippen LogP contribution in [-0.4, -0.2) is 56.7 Å². The van der Waals surface area contributed by atoms with Gasteiger partial charge in [0.15, 0.2) is 11.5 Å². The number of carbonyl (C=O) groups is 1. The zero-order chi connectivity index (χ0) is 21.8. The SMILES string of the molecule is COc1cc(COC(=O)C2CCN(S(C)(=O)=O)CC2)c([N+](=O)[O-])cc1OC(F)F. The first-order valence-corrected chi connectivity index (χ1v) is 10.3. The topological polar surface area (TPSA) is 125 Å². The van der Waals surface area contributed by atoms with Crippen LogP contribution in [0.5, 0.6) is 11.5 Å². The van der Waals surface area contributed by atoms with E-state index < -0.39 is 51.5 Å². The Hall–Kier alpha value is -2.54. The third-order valence-corrected chi connectivity index (χ3v) is 5.71. The van der Waals surface area contributed by atoms with Gasteiger partial charge in [-0.3, -0.25) is 14.9 Å². The van der Waals surface area contributed by atoms with Crippen LogP contribution >= 0.6 is 0 Å². The maximum atomic E-state index is 12.5. The van der Waals surface area contributed by atoms with Gasteiger partial charge in [0.25, 0.3) is 5.69 Å². The number of nitro benzene ring substituents is 1. The van der Waals surface area contributed by atoms with Gasteiger partial charge in [-0.2, -0.15) is 8.78 Å². The van der Waals surface area contributed by atoms with Crippen LogP contribution in [0, 0.1) is 16.0 Å². The van der Waals surface area contributed by atoms with Gasteiger partial charge in [-0.05, 0) is 18.9 Å².